The number of aliphatic hydroxyl groups excluding tert-OH is 1. The van der Waals surface area contributed by atoms with Crippen LogP contribution in [0.1, 0.15) is 4.88 Å². The van der Waals surface area contributed by atoms with Gasteiger partial charge in [0.05, 0.1) is 4.88 Å². The van der Waals surface area contributed by atoms with Crippen LogP contribution >= 0.6 is 11.3 Å². The number of amides is 1. The molecule has 0 spiro atoms. The molecule has 2 aromatic heterocycles. The predicted octanol–water partition coefficient (Wildman–Crippen LogP) is 2.45. The quantitative estimate of drug-likeness (QED) is 0.362. The van der Waals surface area contributed by atoms with Crippen molar-refractivity contribution in [2.75, 3.05) is 12.4 Å². The van der Waals surface area contributed by atoms with Gasteiger partial charge in [0.2, 0.25) is 0 Å². The van der Waals surface area contributed by atoms with Gasteiger partial charge < -0.3 is 25.7 Å². The van der Waals surface area contributed by atoms with Crippen LogP contribution in [0.25, 0.3) is 5.76 Å². The maximum absolute atomic E-state index is 12.4. The van der Waals surface area contributed by atoms with E-state index in [1.54, 1.807) is 23.6 Å². The molecule has 1 aromatic carbocycles. The minimum absolute atomic E-state index is 0.00751. The van der Waals surface area contributed by atoms with E-state index in [0.717, 1.165) is 15.6 Å². The van der Waals surface area contributed by atoms with Gasteiger partial charge in [-0.2, -0.15) is 0 Å². The normalized spacial score (nSPS) is 14.3. The van der Waals surface area contributed by atoms with Gasteiger partial charge >= 0.3 is 0 Å². The topological polar surface area (TPSA) is 160 Å². The molecule has 1 amide bonds. The highest BCUT2D eigenvalue weighted by molar-refractivity contribution is 7.89. The van der Waals surface area contributed by atoms with Crippen molar-refractivity contribution in [3.05, 3.63) is 64.6 Å². The fourth-order valence-corrected chi connectivity index (χ4v) is 5.13. The fraction of sp³-hybridized carbons (Fsp3) is 0.0526. The van der Waals surface area contributed by atoms with E-state index in [2.05, 4.69) is 10.3 Å². The molecular formula is C19H17N3O7S2. The number of para-hydroxylation sites is 1. The number of carbonyl (C=O) groups excluding carboxylic acids is 1. The number of nitrogens with zero attached hydrogens (tertiary/aromatic N) is 2. The number of benzene rings is 1. The monoisotopic (exact) mass is 463 g/mol. The van der Waals surface area contributed by atoms with Gasteiger partial charge in [0.25, 0.3) is 15.9 Å². The summed E-state index contributed by atoms with van der Waals surface area (Å²) >= 11 is 1.06. The number of likely N-dealkylation sites (N-methyl/N-ethyl adjacent to an activating group) is 1. The van der Waals surface area contributed by atoms with Crippen LogP contribution in [0.2, 0.25) is 0 Å². The number of carbonyl (C=O) groups is 1. The molecule has 31 heavy (non-hydrogen) atoms. The first-order chi connectivity index (χ1) is 14.6. The third-order valence-corrected chi connectivity index (χ3v) is 6.99. The van der Waals surface area contributed by atoms with Gasteiger partial charge in [-0.15, -0.1) is 11.3 Å². The number of hydrogen-bond acceptors (Lipinski definition) is 9. The number of aliphatic hydroxyl groups is 1. The van der Waals surface area contributed by atoms with Gasteiger partial charge in [-0.3, -0.25) is 9.10 Å². The number of phenolic OH excluding ortho intramolecular Hbond substituents is 3. The molecule has 1 aliphatic heterocycles. The van der Waals surface area contributed by atoms with E-state index in [9.17, 15) is 18.3 Å². The van der Waals surface area contributed by atoms with Crippen LogP contribution in [0.3, 0.4) is 0 Å². The molecule has 3 aromatic rings. The van der Waals surface area contributed by atoms with E-state index in [1.165, 1.54) is 37.5 Å². The predicted molar refractivity (Wildman–Crippen MR) is 113 cm³/mol. The van der Waals surface area contributed by atoms with Gasteiger partial charge in [-0.25, -0.2) is 13.4 Å². The Bertz CT molecular complexity index is 1230. The molecule has 5 N–H and O–H groups in total. The van der Waals surface area contributed by atoms with Gasteiger partial charge in [0.15, 0.2) is 28.7 Å². The van der Waals surface area contributed by atoms with Crippen LogP contribution in [0.5, 0.6) is 17.2 Å². The maximum atomic E-state index is 12.4. The lowest BCUT2D eigenvalue weighted by atomic mass is 10.3. The molecule has 12 heteroatoms. The lowest BCUT2D eigenvalue weighted by Crippen LogP contribution is -2.36. The Kier molecular flexibility index (Phi) is 6.04. The van der Waals surface area contributed by atoms with Gasteiger partial charge in [0, 0.05) is 13.2 Å². The first kappa shape index (κ1) is 21.9. The summed E-state index contributed by atoms with van der Waals surface area (Å²) in [5.41, 5.74) is -0.333. The molecule has 3 heterocycles. The van der Waals surface area contributed by atoms with E-state index in [-0.39, 0.29) is 38.5 Å². The highest BCUT2D eigenvalue weighted by Crippen LogP contribution is 2.38. The van der Waals surface area contributed by atoms with Crippen LogP contribution in [0.4, 0.5) is 5.82 Å². The van der Waals surface area contributed by atoms with Crippen molar-refractivity contribution in [3.8, 4) is 17.2 Å². The lowest BCUT2D eigenvalue weighted by molar-refractivity contribution is -0.113. The molecule has 10 nitrogen and oxygen atoms in total. The molecule has 4 rings (SSSR count). The number of thiophene rings is 1. The standard InChI is InChI=1S/C13H11N3O4S2.C6H6O3/c1-16-10(13(18)15-9-4-2-3-6-14-9)11(17)12-8(5-7-21-12)22(16,19)20;7-4-2-1-3-5(8)6(4)9/h2-7,17H,1H3,(H,14,15,18);1-3,7-9H. The van der Waals surface area contributed by atoms with E-state index in [0.29, 0.717) is 0 Å². The van der Waals surface area contributed by atoms with Crippen molar-refractivity contribution in [1.29, 1.82) is 0 Å². The van der Waals surface area contributed by atoms with Crippen molar-refractivity contribution in [3.63, 3.8) is 0 Å². The molecule has 0 aliphatic carbocycles. The van der Waals surface area contributed by atoms with E-state index in [1.807, 2.05) is 0 Å². The Hall–Kier alpha value is -3.77. The Morgan fingerprint density at radius 2 is 1.71 bits per heavy atom. The summed E-state index contributed by atoms with van der Waals surface area (Å²) in [4.78, 5) is 16.4. The first-order valence-electron chi connectivity index (χ1n) is 8.57. The Labute approximate surface area is 181 Å². The second kappa shape index (κ2) is 8.53. The van der Waals surface area contributed by atoms with Crippen LogP contribution in [-0.2, 0) is 14.8 Å². The number of fused-ring (bicyclic) bond motifs is 1. The number of pyridine rings is 1. The first-order valence-corrected chi connectivity index (χ1v) is 10.9. The van der Waals surface area contributed by atoms with Crippen molar-refractivity contribution in [2.45, 2.75) is 4.90 Å². The molecule has 0 bridgehead atoms. The average Bonchev–Trinajstić information content (AvgIpc) is 3.24. The van der Waals surface area contributed by atoms with Crippen LogP contribution in [0.15, 0.2) is 64.6 Å². The smallest absolute Gasteiger partial charge is 0.278 e. The van der Waals surface area contributed by atoms with Crippen molar-refractivity contribution in [2.24, 2.45) is 0 Å². The van der Waals surface area contributed by atoms with Crippen LogP contribution < -0.4 is 5.32 Å². The van der Waals surface area contributed by atoms with E-state index < -0.39 is 21.7 Å². The number of aromatic hydroxyl groups is 3. The molecule has 0 atom stereocenters. The lowest BCUT2D eigenvalue weighted by Gasteiger charge is -2.26. The van der Waals surface area contributed by atoms with Gasteiger partial charge in [-0.05, 0) is 35.7 Å². The molecular weight excluding hydrogens is 446 g/mol. The summed E-state index contributed by atoms with van der Waals surface area (Å²) in [5.74, 6) is -1.95. The SMILES string of the molecule is CN1C(C(=O)Nc2ccccn2)=C(O)c2sccc2S1(=O)=O.Oc1cccc(O)c1O. The summed E-state index contributed by atoms with van der Waals surface area (Å²) < 4.78 is 25.5. The molecule has 0 saturated heterocycles. The molecule has 162 valence electrons. The summed E-state index contributed by atoms with van der Waals surface area (Å²) in [7, 11) is -2.63. The minimum Gasteiger partial charge on any atom is -0.504 e. The van der Waals surface area contributed by atoms with Crippen LogP contribution in [0, 0.1) is 0 Å². The van der Waals surface area contributed by atoms with Crippen LogP contribution in [-0.4, -0.2) is 51.1 Å². The third-order valence-electron chi connectivity index (χ3n) is 4.14. The zero-order valence-corrected chi connectivity index (χ0v) is 17.6. The Morgan fingerprint density at radius 3 is 2.29 bits per heavy atom. The third kappa shape index (κ3) is 4.25. The van der Waals surface area contributed by atoms with Crippen molar-refractivity contribution < 1.29 is 33.6 Å². The highest BCUT2D eigenvalue weighted by atomic mass is 32.2. The molecule has 0 radical (unpaired) electrons. The molecule has 0 fully saturated rings. The average molecular weight is 463 g/mol. The number of aromatic nitrogens is 1. The summed E-state index contributed by atoms with van der Waals surface area (Å²) in [6.07, 6.45) is 1.49. The number of anilines is 1. The second-order valence-corrected chi connectivity index (χ2v) is 8.95. The molecule has 1 aliphatic rings. The van der Waals surface area contributed by atoms with Gasteiger partial charge in [0.1, 0.15) is 10.7 Å². The summed E-state index contributed by atoms with van der Waals surface area (Å²) in [6.45, 7) is 0. The second-order valence-electron chi connectivity index (χ2n) is 6.10. The van der Waals surface area contributed by atoms with Gasteiger partial charge in [-0.1, -0.05) is 12.1 Å². The number of hydrogen-bond donors (Lipinski definition) is 5. The van der Waals surface area contributed by atoms with E-state index >= 15 is 0 Å². The minimum atomic E-state index is -3.85. The molecule has 0 unspecified atom stereocenters. The fourth-order valence-electron chi connectivity index (χ4n) is 2.58. The largest absolute Gasteiger partial charge is 0.504 e. The maximum Gasteiger partial charge on any atom is 0.278 e. The number of phenols is 3. The number of nitrogens with one attached hydrogen (secondary N) is 1. The zero-order valence-electron chi connectivity index (χ0n) is 15.9. The van der Waals surface area contributed by atoms with Crippen molar-refractivity contribution in [1.82, 2.24) is 9.29 Å². The van der Waals surface area contributed by atoms with E-state index in [4.69, 9.17) is 15.3 Å². The summed E-state index contributed by atoms with van der Waals surface area (Å²) in [6, 6.07) is 10.3. The number of sulfonamides is 1. The zero-order chi connectivity index (χ0) is 22.8. The number of rotatable bonds is 2. The molecule has 0 saturated carbocycles. The summed E-state index contributed by atoms with van der Waals surface area (Å²) in [5, 5.41) is 40.4. The highest BCUT2D eigenvalue weighted by Gasteiger charge is 2.38. The Morgan fingerprint density at radius 1 is 1.03 bits per heavy atom. The Balaban J connectivity index is 0.000000254. The van der Waals surface area contributed by atoms with Crippen molar-refractivity contribution >= 4 is 38.8 Å².